The lowest BCUT2D eigenvalue weighted by molar-refractivity contribution is -0.133. The van der Waals surface area contributed by atoms with Crippen LogP contribution in [-0.4, -0.2) is 69.0 Å². The van der Waals surface area contributed by atoms with Crippen LogP contribution >= 0.6 is 0 Å². The second-order valence-corrected chi connectivity index (χ2v) is 9.74. The molecule has 1 spiro atoms. The summed E-state index contributed by atoms with van der Waals surface area (Å²) in [6, 6.07) is 15.9. The minimum absolute atomic E-state index is 0.0742. The van der Waals surface area contributed by atoms with E-state index in [0.717, 1.165) is 68.0 Å². The van der Waals surface area contributed by atoms with Gasteiger partial charge in [-0.3, -0.25) is 9.59 Å². The van der Waals surface area contributed by atoms with Crippen LogP contribution in [0.5, 0.6) is 5.75 Å². The second kappa shape index (κ2) is 10.3. The summed E-state index contributed by atoms with van der Waals surface area (Å²) < 4.78 is 5.27. The van der Waals surface area contributed by atoms with Crippen molar-refractivity contribution in [3.05, 3.63) is 65.7 Å². The first-order valence-electron chi connectivity index (χ1n) is 12.0. The summed E-state index contributed by atoms with van der Waals surface area (Å²) in [6.45, 7) is 3.10. The molecule has 2 aromatic rings. The van der Waals surface area contributed by atoms with Crippen LogP contribution in [0.1, 0.15) is 30.4 Å². The molecule has 2 amide bonds. The molecule has 6 nitrogen and oxygen atoms in total. The molecule has 180 valence electrons. The summed E-state index contributed by atoms with van der Waals surface area (Å²) in [5.74, 6) is 1.01. The molecule has 2 fully saturated rings. The molecule has 2 aromatic carbocycles. The number of benzene rings is 2. The fourth-order valence-corrected chi connectivity index (χ4v) is 4.99. The molecule has 34 heavy (non-hydrogen) atoms. The SMILES string of the molecule is COc1cccc(CC(=O)N2CCC3(CCN(C(=O)C=Cc4ccc(N(C)C)cc4)C3)CC2)c1. The smallest absolute Gasteiger partial charge is 0.246 e. The van der Waals surface area contributed by atoms with Crippen LogP contribution in [0, 0.1) is 5.41 Å². The molecule has 0 atom stereocenters. The molecule has 2 aliphatic heterocycles. The van der Waals surface area contributed by atoms with E-state index in [1.54, 1.807) is 13.2 Å². The Balaban J connectivity index is 1.27. The number of amides is 2. The first kappa shape index (κ1) is 23.9. The van der Waals surface area contributed by atoms with Crippen LogP contribution in [0.4, 0.5) is 5.69 Å². The fraction of sp³-hybridized carbons (Fsp3) is 0.429. The summed E-state index contributed by atoms with van der Waals surface area (Å²) in [5.41, 5.74) is 3.28. The number of likely N-dealkylation sites (tertiary alicyclic amines) is 2. The zero-order valence-corrected chi connectivity index (χ0v) is 20.5. The topological polar surface area (TPSA) is 53.1 Å². The number of nitrogens with zero attached hydrogens (tertiary/aromatic N) is 3. The average molecular weight is 462 g/mol. The first-order valence-corrected chi connectivity index (χ1v) is 12.0. The number of rotatable bonds is 6. The Kier molecular flexibility index (Phi) is 7.25. The molecule has 2 saturated heterocycles. The highest BCUT2D eigenvalue weighted by atomic mass is 16.5. The number of hydrogen-bond donors (Lipinski definition) is 0. The third-order valence-electron chi connectivity index (χ3n) is 7.24. The van der Waals surface area contributed by atoms with E-state index >= 15 is 0 Å². The lowest BCUT2D eigenvalue weighted by atomic mass is 9.77. The monoisotopic (exact) mass is 461 g/mol. The van der Waals surface area contributed by atoms with Gasteiger partial charge in [-0.1, -0.05) is 24.3 Å². The van der Waals surface area contributed by atoms with Gasteiger partial charge < -0.3 is 19.4 Å². The van der Waals surface area contributed by atoms with Gasteiger partial charge in [0.1, 0.15) is 5.75 Å². The normalized spacial score (nSPS) is 17.4. The van der Waals surface area contributed by atoms with Crippen LogP contribution in [-0.2, 0) is 16.0 Å². The van der Waals surface area contributed by atoms with Gasteiger partial charge in [-0.2, -0.15) is 0 Å². The molecule has 2 aliphatic rings. The summed E-state index contributed by atoms with van der Waals surface area (Å²) in [6.07, 6.45) is 6.91. The van der Waals surface area contributed by atoms with Crippen molar-refractivity contribution in [2.45, 2.75) is 25.7 Å². The molecule has 0 radical (unpaired) electrons. The van der Waals surface area contributed by atoms with E-state index < -0.39 is 0 Å². The van der Waals surface area contributed by atoms with E-state index in [-0.39, 0.29) is 17.2 Å². The zero-order valence-electron chi connectivity index (χ0n) is 20.5. The molecule has 0 saturated carbocycles. The molecular weight excluding hydrogens is 426 g/mol. The van der Waals surface area contributed by atoms with Crippen molar-refractivity contribution in [1.29, 1.82) is 0 Å². The Hall–Kier alpha value is -3.28. The quantitative estimate of drug-likeness (QED) is 0.613. The van der Waals surface area contributed by atoms with Gasteiger partial charge in [0.05, 0.1) is 13.5 Å². The Labute approximate surface area is 202 Å². The minimum Gasteiger partial charge on any atom is -0.497 e. The predicted molar refractivity (Wildman–Crippen MR) is 136 cm³/mol. The van der Waals surface area contributed by atoms with Crippen molar-refractivity contribution in [3.63, 3.8) is 0 Å². The molecule has 0 N–H and O–H groups in total. The van der Waals surface area contributed by atoms with E-state index in [4.69, 9.17) is 4.74 Å². The first-order chi connectivity index (χ1) is 16.4. The van der Waals surface area contributed by atoms with Gasteiger partial charge in [-0.15, -0.1) is 0 Å². The maximum atomic E-state index is 12.8. The van der Waals surface area contributed by atoms with E-state index in [0.29, 0.717) is 6.42 Å². The van der Waals surface area contributed by atoms with E-state index in [1.807, 2.05) is 66.4 Å². The van der Waals surface area contributed by atoms with Crippen LogP contribution < -0.4 is 9.64 Å². The highest BCUT2D eigenvalue weighted by Gasteiger charge is 2.42. The zero-order chi connectivity index (χ0) is 24.1. The van der Waals surface area contributed by atoms with Crippen molar-refractivity contribution < 1.29 is 14.3 Å². The third-order valence-corrected chi connectivity index (χ3v) is 7.24. The highest BCUT2D eigenvalue weighted by Crippen LogP contribution is 2.40. The van der Waals surface area contributed by atoms with Crippen LogP contribution in [0.2, 0.25) is 0 Å². The Morgan fingerprint density at radius 2 is 1.68 bits per heavy atom. The standard InChI is InChI=1S/C28H35N3O3/c1-29(2)24-10-7-22(8-11-24)9-12-26(32)31-18-15-28(21-31)13-16-30(17-14-28)27(33)20-23-5-4-6-25(19-23)34-3/h4-12,19H,13-18,20-21H2,1-3H3. The van der Waals surface area contributed by atoms with Gasteiger partial charge >= 0.3 is 0 Å². The number of anilines is 1. The van der Waals surface area contributed by atoms with E-state index in [9.17, 15) is 9.59 Å². The molecular formula is C28H35N3O3. The number of carbonyl (C=O) groups is 2. The molecule has 6 heteroatoms. The van der Waals surface area contributed by atoms with Gasteiger partial charge in [0.25, 0.3) is 0 Å². The molecule has 0 bridgehead atoms. The molecule has 2 heterocycles. The summed E-state index contributed by atoms with van der Waals surface area (Å²) in [7, 11) is 5.66. The Morgan fingerprint density at radius 3 is 2.32 bits per heavy atom. The van der Waals surface area contributed by atoms with Crippen LogP contribution in [0.15, 0.2) is 54.6 Å². The second-order valence-electron chi connectivity index (χ2n) is 9.74. The van der Waals surface area contributed by atoms with Gasteiger partial charge in [0, 0.05) is 52.0 Å². The Bertz CT molecular complexity index is 1040. The number of piperidine rings is 1. The van der Waals surface area contributed by atoms with Gasteiger partial charge in [0.15, 0.2) is 0 Å². The third kappa shape index (κ3) is 5.61. The van der Waals surface area contributed by atoms with Gasteiger partial charge in [-0.05, 0) is 66.1 Å². The van der Waals surface area contributed by atoms with Gasteiger partial charge in [-0.25, -0.2) is 0 Å². The largest absolute Gasteiger partial charge is 0.497 e. The van der Waals surface area contributed by atoms with Crippen LogP contribution in [0.25, 0.3) is 6.08 Å². The predicted octanol–water partition coefficient (Wildman–Crippen LogP) is 3.86. The Morgan fingerprint density at radius 1 is 1.00 bits per heavy atom. The van der Waals surface area contributed by atoms with Crippen molar-refractivity contribution in [2.75, 3.05) is 52.3 Å². The number of hydrogen-bond acceptors (Lipinski definition) is 4. The van der Waals surface area contributed by atoms with Gasteiger partial charge in [0.2, 0.25) is 11.8 Å². The number of carbonyl (C=O) groups excluding carboxylic acids is 2. The van der Waals surface area contributed by atoms with Crippen molar-refractivity contribution in [3.8, 4) is 5.75 Å². The summed E-state index contributed by atoms with van der Waals surface area (Å²) >= 11 is 0. The highest BCUT2D eigenvalue weighted by molar-refractivity contribution is 5.92. The molecule has 0 aliphatic carbocycles. The van der Waals surface area contributed by atoms with Crippen molar-refractivity contribution in [1.82, 2.24) is 9.80 Å². The minimum atomic E-state index is 0.0742. The summed E-state index contributed by atoms with van der Waals surface area (Å²) in [4.78, 5) is 31.6. The van der Waals surface area contributed by atoms with Crippen molar-refractivity contribution >= 4 is 23.6 Å². The van der Waals surface area contributed by atoms with Crippen LogP contribution in [0.3, 0.4) is 0 Å². The van der Waals surface area contributed by atoms with Crippen molar-refractivity contribution in [2.24, 2.45) is 5.41 Å². The molecule has 0 aromatic heterocycles. The average Bonchev–Trinajstić information content (AvgIpc) is 3.26. The van der Waals surface area contributed by atoms with E-state index in [2.05, 4.69) is 17.0 Å². The maximum absolute atomic E-state index is 12.8. The fourth-order valence-electron chi connectivity index (χ4n) is 4.99. The number of methoxy groups -OCH3 is 1. The number of ether oxygens (including phenoxy) is 1. The lowest BCUT2D eigenvalue weighted by Gasteiger charge is -2.39. The molecule has 4 rings (SSSR count). The molecule has 0 unspecified atom stereocenters. The summed E-state index contributed by atoms with van der Waals surface area (Å²) in [5, 5.41) is 0. The maximum Gasteiger partial charge on any atom is 0.246 e. The lowest BCUT2D eigenvalue weighted by Crippen LogP contribution is -2.45. The van der Waals surface area contributed by atoms with E-state index in [1.165, 1.54) is 0 Å².